The maximum atomic E-state index is 2.36. The van der Waals surface area contributed by atoms with Gasteiger partial charge >= 0.3 is 0 Å². The van der Waals surface area contributed by atoms with Crippen LogP contribution in [0.1, 0.15) is 63.9 Å². The number of quaternary nitrogens is 1. The van der Waals surface area contributed by atoms with Gasteiger partial charge in [-0.25, -0.2) is 0 Å². The Balaban J connectivity index is 0.00000400. The molecule has 1 rings (SSSR count). The number of hydrogen-bond acceptors (Lipinski definition) is 0. The molecule has 0 bridgehead atoms. The van der Waals surface area contributed by atoms with Crippen LogP contribution >= 0.6 is 0 Å². The maximum Gasteiger partial charge on any atom is 0.104 e. The van der Waals surface area contributed by atoms with E-state index in [1.54, 1.807) is 0 Å². The quantitative estimate of drug-likeness (QED) is 0.303. The standard InChI is InChI=1S/C19H34N.HI/c1-4-5-6-7-8-9-10-14-17-20(2,3)18-19-15-12-11-13-16-19;/h11-13,15-16H,4-10,14,17-18H2,1-3H3;1H/q+1;/p-1. The summed E-state index contributed by atoms with van der Waals surface area (Å²) in [5, 5.41) is 0. The molecule has 0 spiro atoms. The summed E-state index contributed by atoms with van der Waals surface area (Å²) in [5.74, 6) is 0. The van der Waals surface area contributed by atoms with Crippen molar-refractivity contribution in [1.29, 1.82) is 0 Å². The highest BCUT2D eigenvalue weighted by Crippen LogP contribution is 2.13. The second-order valence-electron chi connectivity index (χ2n) is 6.78. The van der Waals surface area contributed by atoms with Crippen molar-refractivity contribution in [2.45, 2.75) is 64.8 Å². The van der Waals surface area contributed by atoms with Gasteiger partial charge in [-0.05, 0) is 12.8 Å². The molecule has 1 nitrogen and oxygen atoms in total. The first-order chi connectivity index (χ1) is 9.64. The van der Waals surface area contributed by atoms with E-state index in [0.717, 1.165) is 11.0 Å². The normalized spacial score (nSPS) is 11.2. The van der Waals surface area contributed by atoms with Crippen molar-refractivity contribution in [2.24, 2.45) is 0 Å². The van der Waals surface area contributed by atoms with E-state index in [1.807, 2.05) is 0 Å². The van der Waals surface area contributed by atoms with E-state index >= 15 is 0 Å². The Morgan fingerprint density at radius 2 is 1.29 bits per heavy atom. The highest BCUT2D eigenvalue weighted by molar-refractivity contribution is 5.13. The highest BCUT2D eigenvalue weighted by Gasteiger charge is 2.14. The van der Waals surface area contributed by atoms with E-state index in [1.165, 1.54) is 63.5 Å². The third-order valence-corrected chi connectivity index (χ3v) is 4.07. The van der Waals surface area contributed by atoms with Gasteiger partial charge in [0.1, 0.15) is 6.54 Å². The predicted molar refractivity (Wildman–Crippen MR) is 89.7 cm³/mol. The fourth-order valence-corrected chi connectivity index (χ4v) is 2.83. The fraction of sp³-hybridized carbons (Fsp3) is 0.684. The van der Waals surface area contributed by atoms with Crippen LogP contribution in [0.5, 0.6) is 0 Å². The van der Waals surface area contributed by atoms with E-state index < -0.39 is 0 Å². The van der Waals surface area contributed by atoms with Crippen LogP contribution in [0.3, 0.4) is 0 Å². The van der Waals surface area contributed by atoms with E-state index in [9.17, 15) is 0 Å². The first-order valence-electron chi connectivity index (χ1n) is 8.50. The molecule has 0 heterocycles. The van der Waals surface area contributed by atoms with Crippen LogP contribution in [0, 0.1) is 0 Å². The molecule has 0 aliphatic carbocycles. The number of rotatable bonds is 11. The Labute approximate surface area is 149 Å². The molecule has 0 unspecified atom stereocenters. The molecule has 0 aliphatic rings. The zero-order chi connectivity index (χ0) is 14.7. The van der Waals surface area contributed by atoms with Crippen molar-refractivity contribution >= 4 is 0 Å². The van der Waals surface area contributed by atoms with E-state index in [0.29, 0.717) is 0 Å². The minimum Gasteiger partial charge on any atom is -1.00 e. The lowest BCUT2D eigenvalue weighted by molar-refractivity contribution is -0.903. The Kier molecular flexibility index (Phi) is 12.4. The zero-order valence-corrected chi connectivity index (χ0v) is 16.4. The first-order valence-corrected chi connectivity index (χ1v) is 8.50. The van der Waals surface area contributed by atoms with Crippen molar-refractivity contribution in [3.05, 3.63) is 35.9 Å². The summed E-state index contributed by atoms with van der Waals surface area (Å²) in [4.78, 5) is 0. The number of halogens is 1. The molecule has 122 valence electrons. The molecule has 0 amide bonds. The summed E-state index contributed by atoms with van der Waals surface area (Å²) >= 11 is 0. The summed E-state index contributed by atoms with van der Waals surface area (Å²) in [6, 6.07) is 10.9. The second kappa shape index (κ2) is 12.5. The van der Waals surface area contributed by atoms with E-state index in [4.69, 9.17) is 0 Å². The number of unbranched alkanes of at least 4 members (excludes halogenated alkanes) is 7. The summed E-state index contributed by atoms with van der Waals surface area (Å²) in [7, 11) is 4.71. The van der Waals surface area contributed by atoms with Crippen LogP contribution in [0.4, 0.5) is 0 Å². The first kappa shape index (κ1) is 20.9. The summed E-state index contributed by atoms with van der Waals surface area (Å²) in [6.07, 6.45) is 11.3. The minimum atomic E-state index is 0. The van der Waals surface area contributed by atoms with E-state index in [2.05, 4.69) is 51.4 Å². The topological polar surface area (TPSA) is 0 Å². The minimum absolute atomic E-state index is 0. The van der Waals surface area contributed by atoms with Crippen molar-refractivity contribution in [1.82, 2.24) is 0 Å². The van der Waals surface area contributed by atoms with E-state index in [-0.39, 0.29) is 24.0 Å². The van der Waals surface area contributed by atoms with Crippen LogP contribution in [-0.4, -0.2) is 25.1 Å². The molecule has 0 aromatic heterocycles. The Morgan fingerprint density at radius 3 is 1.86 bits per heavy atom. The molecule has 0 atom stereocenters. The number of benzene rings is 1. The van der Waals surface area contributed by atoms with Gasteiger partial charge in [-0.1, -0.05) is 75.8 Å². The van der Waals surface area contributed by atoms with Gasteiger partial charge in [0.2, 0.25) is 0 Å². The van der Waals surface area contributed by atoms with Crippen LogP contribution in [0.2, 0.25) is 0 Å². The molecule has 1 aromatic rings. The molecule has 0 saturated heterocycles. The van der Waals surface area contributed by atoms with Crippen LogP contribution in [0.25, 0.3) is 0 Å². The SMILES string of the molecule is CCCCCCCCCC[N+](C)(C)Cc1ccccc1.[I-]. The largest absolute Gasteiger partial charge is 1.00 e. The van der Waals surface area contributed by atoms with Crippen LogP contribution in [-0.2, 0) is 6.54 Å². The third kappa shape index (κ3) is 11.2. The Bertz CT molecular complexity index is 335. The number of nitrogens with zero attached hydrogens (tertiary/aromatic N) is 1. The summed E-state index contributed by atoms with van der Waals surface area (Å²) in [5.41, 5.74) is 1.46. The zero-order valence-electron chi connectivity index (χ0n) is 14.3. The summed E-state index contributed by atoms with van der Waals surface area (Å²) in [6.45, 7) is 4.73. The van der Waals surface area contributed by atoms with Gasteiger partial charge in [-0.2, -0.15) is 0 Å². The highest BCUT2D eigenvalue weighted by atomic mass is 127. The average molecular weight is 403 g/mol. The lowest BCUT2D eigenvalue weighted by atomic mass is 10.1. The fourth-order valence-electron chi connectivity index (χ4n) is 2.83. The molecule has 0 aliphatic heterocycles. The van der Waals surface area contributed by atoms with Crippen molar-refractivity contribution in [3.63, 3.8) is 0 Å². The van der Waals surface area contributed by atoms with Gasteiger partial charge in [0, 0.05) is 5.56 Å². The summed E-state index contributed by atoms with van der Waals surface area (Å²) < 4.78 is 1.11. The maximum absolute atomic E-state index is 2.36. The van der Waals surface area contributed by atoms with Crippen molar-refractivity contribution in [3.8, 4) is 0 Å². The molecule has 1 aromatic carbocycles. The van der Waals surface area contributed by atoms with Gasteiger partial charge in [-0.15, -0.1) is 0 Å². The van der Waals surface area contributed by atoms with Crippen molar-refractivity contribution < 1.29 is 28.5 Å². The number of hydrogen-bond donors (Lipinski definition) is 0. The van der Waals surface area contributed by atoms with Gasteiger partial charge in [-0.3, -0.25) is 0 Å². The van der Waals surface area contributed by atoms with Crippen LogP contribution < -0.4 is 24.0 Å². The second-order valence-corrected chi connectivity index (χ2v) is 6.78. The Morgan fingerprint density at radius 1 is 0.762 bits per heavy atom. The van der Waals surface area contributed by atoms with Gasteiger partial charge in [0.25, 0.3) is 0 Å². The molecule has 0 radical (unpaired) electrons. The van der Waals surface area contributed by atoms with Crippen LogP contribution in [0.15, 0.2) is 30.3 Å². The smallest absolute Gasteiger partial charge is 0.104 e. The molecular weight excluding hydrogens is 369 g/mol. The van der Waals surface area contributed by atoms with Gasteiger partial charge in [0.15, 0.2) is 0 Å². The predicted octanol–water partition coefficient (Wildman–Crippen LogP) is 2.41. The van der Waals surface area contributed by atoms with Gasteiger partial charge < -0.3 is 28.5 Å². The monoisotopic (exact) mass is 403 g/mol. The lowest BCUT2D eigenvalue weighted by Crippen LogP contribution is -3.00. The molecule has 21 heavy (non-hydrogen) atoms. The molecule has 0 fully saturated rings. The molecular formula is C19H34IN. The molecule has 2 heteroatoms. The Hall–Kier alpha value is -0.0900. The molecule has 0 saturated carbocycles. The van der Waals surface area contributed by atoms with Crippen molar-refractivity contribution in [2.75, 3.05) is 20.6 Å². The molecule has 0 N–H and O–H groups in total. The average Bonchev–Trinajstić information content (AvgIpc) is 2.42. The lowest BCUT2D eigenvalue weighted by Gasteiger charge is -2.30. The van der Waals surface area contributed by atoms with Gasteiger partial charge in [0.05, 0.1) is 20.6 Å². The third-order valence-electron chi connectivity index (χ3n) is 4.07.